The Hall–Kier alpha value is -1.03. The lowest BCUT2D eigenvalue weighted by Crippen LogP contribution is -2.60. The fourth-order valence-electron chi connectivity index (χ4n) is 5.96. The molecule has 1 aliphatic carbocycles. The van der Waals surface area contributed by atoms with E-state index in [1.807, 2.05) is 0 Å². The number of hydrogen-bond acceptors (Lipinski definition) is 6. The molecule has 4 fully saturated rings. The van der Waals surface area contributed by atoms with Gasteiger partial charge in [0.2, 0.25) is 0 Å². The van der Waals surface area contributed by atoms with Gasteiger partial charge in [-0.3, -0.25) is 4.90 Å². The number of hydrogen-bond donors (Lipinski definition) is 0. The molecule has 4 atom stereocenters. The number of nitrogens with zero attached hydrogens (tertiary/aromatic N) is 2. The number of halogens is 2. The summed E-state index contributed by atoms with van der Waals surface area (Å²) in [6.07, 6.45) is 2.35. The van der Waals surface area contributed by atoms with Crippen molar-refractivity contribution in [2.45, 2.75) is 82.7 Å². The van der Waals surface area contributed by atoms with Gasteiger partial charge in [0.15, 0.2) is 0 Å². The number of ether oxygens (including phenoxy) is 4. The van der Waals surface area contributed by atoms with Crippen LogP contribution in [0.3, 0.4) is 0 Å². The van der Waals surface area contributed by atoms with E-state index in [0.717, 1.165) is 19.3 Å². The fraction of sp³-hybridized carbons (Fsp3) is 0.960. The van der Waals surface area contributed by atoms with Crippen LogP contribution in [0.4, 0.5) is 13.6 Å². The lowest BCUT2D eigenvalue weighted by atomic mass is 9.68. The molecule has 0 bridgehead atoms. The fourth-order valence-corrected chi connectivity index (χ4v) is 5.96. The molecule has 1 amide bonds. The molecule has 0 unspecified atom stereocenters. The van der Waals surface area contributed by atoms with Crippen LogP contribution in [-0.4, -0.2) is 98.3 Å². The molecule has 7 nitrogen and oxygen atoms in total. The summed E-state index contributed by atoms with van der Waals surface area (Å²) in [5, 5.41) is 0. The zero-order chi connectivity index (χ0) is 24.7. The molecular formula is C25H42F2N2O5. The van der Waals surface area contributed by atoms with Gasteiger partial charge in [-0.15, -0.1) is 0 Å². The summed E-state index contributed by atoms with van der Waals surface area (Å²) in [6.45, 7) is 11.5. The first kappa shape index (κ1) is 26.0. The highest BCUT2D eigenvalue weighted by Crippen LogP contribution is 2.53. The average molecular weight is 489 g/mol. The highest BCUT2D eigenvalue weighted by molar-refractivity contribution is 5.69. The molecule has 1 spiro atoms. The van der Waals surface area contributed by atoms with Gasteiger partial charge in [-0.25, -0.2) is 13.6 Å². The first-order valence-corrected chi connectivity index (χ1v) is 12.8. The summed E-state index contributed by atoms with van der Waals surface area (Å²) in [7, 11) is 1.67. The van der Waals surface area contributed by atoms with Crippen LogP contribution in [0.1, 0.15) is 53.4 Å². The Labute approximate surface area is 202 Å². The third-order valence-corrected chi connectivity index (χ3v) is 8.05. The maximum absolute atomic E-state index is 13.0. The largest absolute Gasteiger partial charge is 0.443 e. The maximum Gasteiger partial charge on any atom is 0.410 e. The standard InChI is InChI=1S/C25H42F2N2O5/c1-17(2)8-11-32-23(3,4)21-20(31-5)19(6-9-24(21)16-33-24)34-22(30)29-12-18(13-29)7-10-28-14-25(26,27)15-28/h17-21H,6-16H2,1-5H3/t19-,20-,21-,24+/m1/s1. The number of carbonyl (C=O) groups excluding carboxylic acids is 1. The van der Waals surface area contributed by atoms with Crippen molar-refractivity contribution >= 4 is 6.09 Å². The molecule has 3 saturated heterocycles. The lowest BCUT2D eigenvalue weighted by Gasteiger charge is -2.48. The summed E-state index contributed by atoms with van der Waals surface area (Å²) in [4.78, 5) is 16.3. The van der Waals surface area contributed by atoms with E-state index in [-0.39, 0.29) is 42.9 Å². The van der Waals surface area contributed by atoms with Crippen LogP contribution in [0.5, 0.6) is 0 Å². The molecule has 9 heteroatoms. The molecule has 0 aromatic rings. The van der Waals surface area contributed by atoms with Crippen molar-refractivity contribution < 1.29 is 32.5 Å². The summed E-state index contributed by atoms with van der Waals surface area (Å²) in [5.41, 5.74) is -0.743. The topological polar surface area (TPSA) is 63.8 Å². The Morgan fingerprint density at radius 3 is 2.47 bits per heavy atom. The van der Waals surface area contributed by atoms with E-state index in [0.29, 0.717) is 51.1 Å². The molecular weight excluding hydrogens is 446 g/mol. The van der Waals surface area contributed by atoms with Crippen molar-refractivity contribution in [2.24, 2.45) is 17.8 Å². The Morgan fingerprint density at radius 1 is 1.24 bits per heavy atom. The number of likely N-dealkylation sites (tertiary alicyclic amines) is 2. The van der Waals surface area contributed by atoms with Gasteiger partial charge in [0.25, 0.3) is 5.92 Å². The predicted molar refractivity (Wildman–Crippen MR) is 123 cm³/mol. The molecule has 0 aromatic carbocycles. The first-order chi connectivity index (χ1) is 15.9. The monoisotopic (exact) mass is 488 g/mol. The molecule has 0 aromatic heterocycles. The van der Waals surface area contributed by atoms with E-state index in [1.165, 1.54) is 0 Å². The van der Waals surface area contributed by atoms with E-state index in [9.17, 15) is 13.6 Å². The third-order valence-electron chi connectivity index (χ3n) is 8.05. The molecule has 196 valence electrons. The van der Waals surface area contributed by atoms with Gasteiger partial charge >= 0.3 is 6.09 Å². The minimum Gasteiger partial charge on any atom is -0.443 e. The summed E-state index contributed by atoms with van der Waals surface area (Å²) >= 11 is 0. The number of carbonyl (C=O) groups is 1. The highest BCUT2D eigenvalue weighted by Gasteiger charge is 2.64. The van der Waals surface area contributed by atoms with Crippen LogP contribution < -0.4 is 0 Å². The van der Waals surface area contributed by atoms with E-state index < -0.39 is 11.5 Å². The smallest absolute Gasteiger partial charge is 0.410 e. The second-order valence-corrected chi connectivity index (χ2v) is 11.8. The van der Waals surface area contributed by atoms with Crippen LogP contribution in [0, 0.1) is 17.8 Å². The van der Waals surface area contributed by atoms with Crippen molar-refractivity contribution in [3.63, 3.8) is 0 Å². The summed E-state index contributed by atoms with van der Waals surface area (Å²) in [5.74, 6) is -1.66. The predicted octanol–water partition coefficient (Wildman–Crippen LogP) is 3.80. The minimum atomic E-state index is -2.52. The molecule has 1 saturated carbocycles. The number of epoxide rings is 1. The van der Waals surface area contributed by atoms with Gasteiger partial charge in [0.05, 0.1) is 30.9 Å². The molecule has 3 heterocycles. The van der Waals surface area contributed by atoms with Crippen LogP contribution in [0.15, 0.2) is 0 Å². The van der Waals surface area contributed by atoms with Crippen molar-refractivity contribution in [1.29, 1.82) is 0 Å². The molecule has 4 rings (SSSR count). The van der Waals surface area contributed by atoms with Gasteiger partial charge in [-0.05, 0) is 57.9 Å². The summed E-state index contributed by atoms with van der Waals surface area (Å²) < 4.78 is 50.1. The Kier molecular flexibility index (Phi) is 7.50. The normalized spacial score (nSPS) is 33.6. The summed E-state index contributed by atoms with van der Waals surface area (Å²) in [6, 6.07) is 0. The Balaban J connectivity index is 1.28. The molecule has 3 aliphatic heterocycles. The zero-order valence-corrected chi connectivity index (χ0v) is 21.4. The lowest BCUT2D eigenvalue weighted by molar-refractivity contribution is -0.179. The highest BCUT2D eigenvalue weighted by atomic mass is 19.3. The Morgan fingerprint density at radius 2 is 1.91 bits per heavy atom. The van der Waals surface area contributed by atoms with Crippen molar-refractivity contribution in [3.8, 4) is 0 Å². The van der Waals surface area contributed by atoms with Crippen LogP contribution in [0.25, 0.3) is 0 Å². The van der Waals surface area contributed by atoms with Gasteiger partial charge in [0, 0.05) is 32.7 Å². The third kappa shape index (κ3) is 5.68. The van der Waals surface area contributed by atoms with Gasteiger partial charge in [-0.2, -0.15) is 0 Å². The Bertz CT molecular complexity index is 716. The van der Waals surface area contributed by atoms with Crippen molar-refractivity contribution in [3.05, 3.63) is 0 Å². The average Bonchev–Trinajstić information content (AvgIpc) is 3.45. The molecule has 34 heavy (non-hydrogen) atoms. The van der Waals surface area contributed by atoms with Gasteiger partial charge in [-0.1, -0.05) is 13.8 Å². The van der Waals surface area contributed by atoms with Gasteiger partial charge in [0.1, 0.15) is 12.2 Å². The van der Waals surface area contributed by atoms with Crippen LogP contribution in [-0.2, 0) is 18.9 Å². The SMILES string of the molecule is CO[C@H]1[C@H](C(C)(C)OCCC(C)C)[C@]2(CC[C@H]1OC(=O)N1CC(CCN3CC(F)(F)C3)C1)CO2. The van der Waals surface area contributed by atoms with Crippen molar-refractivity contribution in [1.82, 2.24) is 9.80 Å². The quantitative estimate of drug-likeness (QED) is 0.436. The number of rotatable bonds is 10. The van der Waals surface area contributed by atoms with E-state index in [1.54, 1.807) is 16.9 Å². The second-order valence-electron chi connectivity index (χ2n) is 11.8. The zero-order valence-electron chi connectivity index (χ0n) is 21.4. The molecule has 4 aliphatic rings. The van der Waals surface area contributed by atoms with E-state index >= 15 is 0 Å². The number of amides is 1. The van der Waals surface area contributed by atoms with E-state index in [2.05, 4.69) is 27.7 Å². The number of methoxy groups -OCH3 is 1. The second kappa shape index (κ2) is 9.79. The van der Waals surface area contributed by atoms with Crippen LogP contribution >= 0.6 is 0 Å². The molecule has 0 radical (unpaired) electrons. The molecule has 0 N–H and O–H groups in total. The first-order valence-electron chi connectivity index (χ1n) is 12.8. The van der Waals surface area contributed by atoms with Crippen LogP contribution in [0.2, 0.25) is 0 Å². The maximum atomic E-state index is 13.0. The van der Waals surface area contributed by atoms with Crippen molar-refractivity contribution in [2.75, 3.05) is 53.0 Å². The van der Waals surface area contributed by atoms with Gasteiger partial charge < -0.3 is 23.8 Å². The minimum absolute atomic E-state index is 0.0393. The number of alkyl halides is 2. The van der Waals surface area contributed by atoms with E-state index in [4.69, 9.17) is 18.9 Å².